The quantitative estimate of drug-likeness (QED) is 0.756. The highest BCUT2D eigenvalue weighted by Gasteiger charge is 2.09. The molecule has 0 unspecified atom stereocenters. The van der Waals surface area contributed by atoms with Crippen LogP contribution in [0.1, 0.15) is 18.1 Å². The Balaban J connectivity index is 2.94. The van der Waals surface area contributed by atoms with Crippen LogP contribution in [0.5, 0.6) is 0 Å². The van der Waals surface area contributed by atoms with Crippen molar-refractivity contribution < 1.29 is 4.79 Å². The first-order valence-corrected chi connectivity index (χ1v) is 4.62. The Morgan fingerprint density at radius 2 is 2.27 bits per heavy atom. The number of rotatable bonds is 2. The number of carbonyl (C=O) groups is 1. The van der Waals surface area contributed by atoms with Crippen LogP contribution in [0.3, 0.4) is 0 Å². The molecule has 1 aromatic carbocycles. The fraction of sp³-hybridized carbons (Fsp3) is 0.273. The molecule has 0 radical (unpaired) electrons. The lowest BCUT2D eigenvalue weighted by Gasteiger charge is -2.10. The Hall–Kier alpha value is -1.86. The Labute approximate surface area is 88.7 Å². The van der Waals surface area contributed by atoms with Gasteiger partial charge in [-0.15, -0.1) is 0 Å². The molecule has 1 aromatic rings. The number of carbonyl (C=O) groups excluding carboxylic acids is 1. The average molecular weight is 203 g/mol. The standard InChI is InChI=1S/C11H13N3O/c1-7-3-4-9(6-12)5-10(7)14-11(15)8(2)13/h3-5,8H,13H2,1-2H3,(H,14,15)/t8-/m0/s1. The number of hydrogen-bond acceptors (Lipinski definition) is 3. The molecule has 0 saturated carbocycles. The third kappa shape index (κ3) is 2.79. The number of nitrogens with one attached hydrogen (secondary N) is 1. The minimum Gasteiger partial charge on any atom is -0.324 e. The molecule has 0 fully saturated rings. The van der Waals surface area contributed by atoms with Crippen molar-refractivity contribution in [3.63, 3.8) is 0 Å². The zero-order chi connectivity index (χ0) is 11.4. The van der Waals surface area contributed by atoms with Crippen LogP contribution < -0.4 is 11.1 Å². The Bertz CT molecular complexity index is 418. The van der Waals surface area contributed by atoms with Gasteiger partial charge in [0.1, 0.15) is 0 Å². The molecule has 1 atom stereocenters. The van der Waals surface area contributed by atoms with Crippen LogP contribution in [0.15, 0.2) is 18.2 Å². The summed E-state index contributed by atoms with van der Waals surface area (Å²) in [6.07, 6.45) is 0. The van der Waals surface area contributed by atoms with E-state index in [1.807, 2.05) is 13.0 Å². The summed E-state index contributed by atoms with van der Waals surface area (Å²) < 4.78 is 0. The van der Waals surface area contributed by atoms with Crippen LogP contribution in [-0.4, -0.2) is 11.9 Å². The summed E-state index contributed by atoms with van der Waals surface area (Å²) in [5.41, 5.74) is 7.48. The van der Waals surface area contributed by atoms with Crippen molar-refractivity contribution in [3.8, 4) is 6.07 Å². The van der Waals surface area contributed by atoms with Crippen molar-refractivity contribution in [2.24, 2.45) is 5.73 Å². The first kappa shape index (κ1) is 11.2. The van der Waals surface area contributed by atoms with Gasteiger partial charge in [0.2, 0.25) is 5.91 Å². The van der Waals surface area contributed by atoms with E-state index in [-0.39, 0.29) is 5.91 Å². The van der Waals surface area contributed by atoms with E-state index in [0.29, 0.717) is 11.3 Å². The highest BCUT2D eigenvalue weighted by molar-refractivity contribution is 5.95. The molecule has 0 aliphatic rings. The van der Waals surface area contributed by atoms with E-state index in [4.69, 9.17) is 11.0 Å². The van der Waals surface area contributed by atoms with Gasteiger partial charge in [0.25, 0.3) is 0 Å². The maximum absolute atomic E-state index is 11.3. The smallest absolute Gasteiger partial charge is 0.241 e. The lowest BCUT2D eigenvalue weighted by atomic mass is 10.1. The van der Waals surface area contributed by atoms with Crippen LogP contribution in [0.2, 0.25) is 0 Å². The second-order valence-corrected chi connectivity index (χ2v) is 3.42. The van der Waals surface area contributed by atoms with Gasteiger partial charge in [-0.2, -0.15) is 5.26 Å². The zero-order valence-corrected chi connectivity index (χ0v) is 8.74. The number of anilines is 1. The summed E-state index contributed by atoms with van der Waals surface area (Å²) in [4.78, 5) is 11.3. The number of hydrogen-bond donors (Lipinski definition) is 2. The van der Waals surface area contributed by atoms with E-state index in [1.165, 1.54) is 0 Å². The molecule has 0 saturated heterocycles. The Morgan fingerprint density at radius 1 is 1.60 bits per heavy atom. The summed E-state index contributed by atoms with van der Waals surface area (Å²) in [5, 5.41) is 11.4. The fourth-order valence-electron chi connectivity index (χ4n) is 1.07. The fourth-order valence-corrected chi connectivity index (χ4v) is 1.07. The number of aryl methyl sites for hydroxylation is 1. The second kappa shape index (κ2) is 4.58. The molecule has 4 heteroatoms. The highest BCUT2D eigenvalue weighted by atomic mass is 16.2. The van der Waals surface area contributed by atoms with Crippen molar-refractivity contribution in [3.05, 3.63) is 29.3 Å². The Morgan fingerprint density at radius 3 is 2.80 bits per heavy atom. The molecule has 0 bridgehead atoms. The van der Waals surface area contributed by atoms with Crippen molar-refractivity contribution >= 4 is 11.6 Å². The van der Waals surface area contributed by atoms with E-state index in [2.05, 4.69) is 5.32 Å². The number of amides is 1. The van der Waals surface area contributed by atoms with Crippen LogP contribution >= 0.6 is 0 Å². The van der Waals surface area contributed by atoms with Gasteiger partial charge >= 0.3 is 0 Å². The van der Waals surface area contributed by atoms with E-state index < -0.39 is 6.04 Å². The molecule has 0 aliphatic carbocycles. The van der Waals surface area contributed by atoms with Gasteiger partial charge in [0.15, 0.2) is 0 Å². The lowest BCUT2D eigenvalue weighted by molar-refractivity contribution is -0.117. The molecule has 4 nitrogen and oxygen atoms in total. The van der Waals surface area contributed by atoms with Gasteiger partial charge in [-0.05, 0) is 31.5 Å². The third-order valence-electron chi connectivity index (χ3n) is 2.04. The zero-order valence-electron chi connectivity index (χ0n) is 8.74. The summed E-state index contributed by atoms with van der Waals surface area (Å²) in [7, 11) is 0. The third-order valence-corrected chi connectivity index (χ3v) is 2.04. The van der Waals surface area contributed by atoms with Crippen molar-refractivity contribution in [1.29, 1.82) is 5.26 Å². The van der Waals surface area contributed by atoms with Gasteiger partial charge in [0, 0.05) is 5.69 Å². The minimum atomic E-state index is -0.560. The molecule has 1 rings (SSSR count). The van der Waals surface area contributed by atoms with E-state index in [0.717, 1.165) is 5.56 Å². The Kier molecular flexibility index (Phi) is 3.42. The molecular weight excluding hydrogens is 190 g/mol. The maximum atomic E-state index is 11.3. The van der Waals surface area contributed by atoms with Crippen LogP contribution in [-0.2, 0) is 4.79 Å². The second-order valence-electron chi connectivity index (χ2n) is 3.42. The summed E-state index contributed by atoms with van der Waals surface area (Å²) in [6.45, 7) is 3.47. The summed E-state index contributed by atoms with van der Waals surface area (Å²) >= 11 is 0. The summed E-state index contributed by atoms with van der Waals surface area (Å²) in [6, 6.07) is 6.58. The number of benzene rings is 1. The molecule has 3 N–H and O–H groups in total. The van der Waals surface area contributed by atoms with Crippen molar-refractivity contribution in [2.45, 2.75) is 19.9 Å². The predicted octanol–water partition coefficient (Wildman–Crippen LogP) is 1.15. The molecule has 0 spiro atoms. The number of nitrogens with zero attached hydrogens (tertiary/aromatic N) is 1. The monoisotopic (exact) mass is 203 g/mol. The van der Waals surface area contributed by atoms with Gasteiger partial charge in [-0.3, -0.25) is 4.79 Å². The van der Waals surface area contributed by atoms with Crippen molar-refractivity contribution in [1.82, 2.24) is 0 Å². The molecule has 0 aromatic heterocycles. The lowest BCUT2D eigenvalue weighted by Crippen LogP contribution is -2.32. The van der Waals surface area contributed by atoms with E-state index in [9.17, 15) is 4.79 Å². The SMILES string of the molecule is Cc1ccc(C#N)cc1NC(=O)[C@H](C)N. The van der Waals surface area contributed by atoms with Crippen molar-refractivity contribution in [2.75, 3.05) is 5.32 Å². The first-order valence-electron chi connectivity index (χ1n) is 4.62. The van der Waals surface area contributed by atoms with Crippen LogP contribution in [0.4, 0.5) is 5.69 Å². The predicted molar refractivity (Wildman–Crippen MR) is 58.2 cm³/mol. The summed E-state index contributed by atoms with van der Waals surface area (Å²) in [5.74, 6) is -0.256. The topological polar surface area (TPSA) is 78.9 Å². The van der Waals surface area contributed by atoms with E-state index in [1.54, 1.807) is 25.1 Å². The van der Waals surface area contributed by atoms with Gasteiger partial charge < -0.3 is 11.1 Å². The van der Waals surface area contributed by atoms with E-state index >= 15 is 0 Å². The maximum Gasteiger partial charge on any atom is 0.241 e. The average Bonchev–Trinajstić information content (AvgIpc) is 2.21. The molecular formula is C11H13N3O. The molecule has 15 heavy (non-hydrogen) atoms. The molecule has 1 amide bonds. The largest absolute Gasteiger partial charge is 0.324 e. The van der Waals surface area contributed by atoms with Gasteiger partial charge in [-0.25, -0.2) is 0 Å². The minimum absolute atomic E-state index is 0.256. The van der Waals surface area contributed by atoms with Gasteiger partial charge in [0.05, 0.1) is 17.7 Å². The normalized spacial score (nSPS) is 11.6. The van der Waals surface area contributed by atoms with Gasteiger partial charge in [-0.1, -0.05) is 6.07 Å². The molecule has 0 heterocycles. The highest BCUT2D eigenvalue weighted by Crippen LogP contribution is 2.16. The number of nitriles is 1. The van der Waals surface area contributed by atoms with Crippen LogP contribution in [0, 0.1) is 18.3 Å². The van der Waals surface area contributed by atoms with Crippen LogP contribution in [0.25, 0.3) is 0 Å². The molecule has 78 valence electrons. The number of nitrogens with two attached hydrogens (primary N) is 1. The first-order chi connectivity index (χ1) is 7.04. The molecule has 0 aliphatic heterocycles.